The fraction of sp³-hybridized carbons (Fsp3) is 0.600. The molecular weight excluding hydrogens is 344 g/mol. The van der Waals surface area contributed by atoms with Crippen LogP contribution in [-0.2, 0) is 17.8 Å². The number of rotatable bonds is 3. The summed E-state index contributed by atoms with van der Waals surface area (Å²) in [4.78, 5) is 21.3. The molecule has 0 radical (unpaired) electrons. The third-order valence-electron chi connectivity index (χ3n) is 5.23. The van der Waals surface area contributed by atoms with Crippen molar-refractivity contribution in [3.63, 3.8) is 0 Å². The number of hydrogen-bond acceptors (Lipinski definition) is 3. The number of nitrogens with zero attached hydrogens (tertiary/aromatic N) is 3. The van der Waals surface area contributed by atoms with E-state index >= 15 is 0 Å². The molecule has 1 unspecified atom stereocenters. The molecule has 0 aliphatic carbocycles. The molecule has 0 saturated carbocycles. The van der Waals surface area contributed by atoms with Gasteiger partial charge in [-0.15, -0.1) is 0 Å². The van der Waals surface area contributed by atoms with Gasteiger partial charge in [-0.25, -0.2) is 0 Å². The highest BCUT2D eigenvalue weighted by Gasteiger charge is 2.26. The molecule has 6 heteroatoms. The van der Waals surface area contributed by atoms with Crippen LogP contribution in [0.25, 0.3) is 0 Å². The molecule has 1 N–H and O–H groups in total. The lowest BCUT2D eigenvalue weighted by atomic mass is 10.00. The van der Waals surface area contributed by atoms with Gasteiger partial charge in [0.2, 0.25) is 5.91 Å². The molecule has 1 saturated heterocycles. The van der Waals surface area contributed by atoms with E-state index in [9.17, 15) is 4.79 Å². The van der Waals surface area contributed by atoms with Crippen molar-refractivity contribution in [3.8, 4) is 0 Å². The summed E-state index contributed by atoms with van der Waals surface area (Å²) in [6.45, 7) is 8.35. The Morgan fingerprint density at radius 2 is 2.04 bits per heavy atom. The van der Waals surface area contributed by atoms with E-state index in [0.29, 0.717) is 24.3 Å². The highest BCUT2D eigenvalue weighted by molar-refractivity contribution is 8.00. The normalized spacial score (nSPS) is 20.9. The number of hydrogen-bond donors (Lipinski definition) is 1. The monoisotopic (exact) mass is 374 g/mol. The number of thioether (sulfide) groups is 1. The molecule has 2 heterocycles. The number of benzene rings is 1. The number of fused-ring (bicyclic) bond motifs is 1. The molecule has 26 heavy (non-hydrogen) atoms. The second-order valence-electron chi connectivity index (χ2n) is 7.33. The Labute approximate surface area is 161 Å². The molecule has 5 nitrogen and oxygen atoms in total. The molecular formula is C20H30N4OS. The maximum atomic E-state index is 12.7. The lowest BCUT2D eigenvalue weighted by Gasteiger charge is -2.36. The molecule has 142 valence electrons. The van der Waals surface area contributed by atoms with Crippen LogP contribution < -0.4 is 5.32 Å². The summed E-state index contributed by atoms with van der Waals surface area (Å²) in [6, 6.07) is 8.41. The summed E-state index contributed by atoms with van der Waals surface area (Å²) in [5, 5.41) is 3.92. The number of carbonyl (C=O) groups excluding carboxylic acids is 1. The molecule has 0 bridgehead atoms. The van der Waals surface area contributed by atoms with Gasteiger partial charge in [-0.3, -0.25) is 9.79 Å². The summed E-state index contributed by atoms with van der Waals surface area (Å²) < 4.78 is 0. The van der Waals surface area contributed by atoms with E-state index < -0.39 is 0 Å². The fourth-order valence-corrected chi connectivity index (χ4v) is 4.88. The second kappa shape index (κ2) is 8.80. The van der Waals surface area contributed by atoms with Crippen molar-refractivity contribution >= 4 is 23.6 Å². The summed E-state index contributed by atoms with van der Waals surface area (Å²) in [5.74, 6) is 2.76. The predicted molar refractivity (Wildman–Crippen MR) is 110 cm³/mol. The number of carbonyl (C=O) groups is 1. The lowest BCUT2D eigenvalue weighted by molar-refractivity contribution is -0.130. The van der Waals surface area contributed by atoms with Crippen LogP contribution in [0.5, 0.6) is 0 Å². The van der Waals surface area contributed by atoms with Crippen molar-refractivity contribution in [1.29, 1.82) is 0 Å². The Morgan fingerprint density at radius 3 is 2.77 bits per heavy atom. The van der Waals surface area contributed by atoms with Crippen LogP contribution in [0.2, 0.25) is 0 Å². The standard InChI is InChI=1S/C20H30N4OS/c1-15(2)18-14-24(10-11-26-18)20(21-3)22-12-19(25)23-9-8-16-6-4-5-7-17(16)13-23/h4-7,15,18H,8-14H2,1-3H3,(H,21,22). The van der Waals surface area contributed by atoms with Gasteiger partial charge in [0.25, 0.3) is 0 Å². The van der Waals surface area contributed by atoms with Crippen molar-refractivity contribution in [3.05, 3.63) is 35.4 Å². The molecule has 1 amide bonds. The van der Waals surface area contributed by atoms with Gasteiger partial charge in [0.15, 0.2) is 5.96 Å². The minimum atomic E-state index is 0.146. The van der Waals surface area contributed by atoms with Gasteiger partial charge < -0.3 is 15.1 Å². The van der Waals surface area contributed by atoms with Crippen molar-refractivity contribution in [1.82, 2.24) is 15.1 Å². The third kappa shape index (κ3) is 4.53. The zero-order valence-electron chi connectivity index (χ0n) is 16.1. The highest BCUT2D eigenvalue weighted by atomic mass is 32.2. The molecule has 3 rings (SSSR count). The minimum Gasteiger partial charge on any atom is -0.347 e. The molecule has 0 spiro atoms. The maximum Gasteiger partial charge on any atom is 0.242 e. The van der Waals surface area contributed by atoms with E-state index in [-0.39, 0.29) is 5.91 Å². The Hall–Kier alpha value is -1.69. The van der Waals surface area contributed by atoms with Gasteiger partial charge in [-0.05, 0) is 23.5 Å². The molecule has 2 aliphatic heterocycles. The SMILES string of the molecule is CN=C(NCC(=O)N1CCc2ccccc2C1)N1CCSC(C(C)C)C1. The van der Waals surface area contributed by atoms with Crippen molar-refractivity contribution in [2.45, 2.75) is 32.1 Å². The number of amides is 1. The first-order valence-corrected chi connectivity index (χ1v) is 10.5. The molecule has 0 aromatic heterocycles. The van der Waals surface area contributed by atoms with Crippen LogP contribution in [0.3, 0.4) is 0 Å². The van der Waals surface area contributed by atoms with Gasteiger partial charge in [0.1, 0.15) is 0 Å². The smallest absolute Gasteiger partial charge is 0.242 e. The first-order valence-electron chi connectivity index (χ1n) is 9.50. The number of nitrogens with one attached hydrogen (secondary N) is 1. The van der Waals surface area contributed by atoms with Crippen LogP contribution in [0, 0.1) is 5.92 Å². The van der Waals surface area contributed by atoms with Crippen LogP contribution in [0.15, 0.2) is 29.3 Å². The van der Waals surface area contributed by atoms with Gasteiger partial charge >= 0.3 is 0 Å². The fourth-order valence-electron chi connectivity index (χ4n) is 3.58. The van der Waals surface area contributed by atoms with Crippen molar-refractivity contribution in [2.24, 2.45) is 10.9 Å². The van der Waals surface area contributed by atoms with Crippen molar-refractivity contribution < 1.29 is 4.79 Å². The largest absolute Gasteiger partial charge is 0.347 e. The quantitative estimate of drug-likeness (QED) is 0.651. The molecule has 1 fully saturated rings. The minimum absolute atomic E-state index is 0.146. The van der Waals surface area contributed by atoms with Crippen molar-refractivity contribution in [2.75, 3.05) is 39.0 Å². The number of aliphatic imine (C=N–C) groups is 1. The van der Waals surface area contributed by atoms with Crippen LogP contribution in [-0.4, -0.2) is 65.9 Å². The van der Waals surface area contributed by atoms with Crippen LogP contribution >= 0.6 is 11.8 Å². The summed E-state index contributed by atoms with van der Waals surface area (Å²) in [5.41, 5.74) is 2.63. The molecule has 1 aromatic rings. The molecule has 1 aromatic carbocycles. The topological polar surface area (TPSA) is 47.9 Å². The van der Waals surface area contributed by atoms with E-state index in [1.807, 2.05) is 22.7 Å². The highest BCUT2D eigenvalue weighted by Crippen LogP contribution is 2.25. The zero-order valence-corrected chi connectivity index (χ0v) is 16.9. The molecule has 2 aliphatic rings. The van der Waals surface area contributed by atoms with Gasteiger partial charge in [-0.1, -0.05) is 38.1 Å². The second-order valence-corrected chi connectivity index (χ2v) is 8.68. The first-order chi connectivity index (χ1) is 12.6. The Morgan fingerprint density at radius 1 is 1.27 bits per heavy atom. The van der Waals surface area contributed by atoms with Gasteiger partial charge in [0, 0.05) is 44.2 Å². The van der Waals surface area contributed by atoms with E-state index in [1.165, 1.54) is 11.1 Å². The van der Waals surface area contributed by atoms with Crippen LogP contribution in [0.4, 0.5) is 0 Å². The third-order valence-corrected chi connectivity index (χ3v) is 6.77. The Balaban J connectivity index is 1.53. The van der Waals surface area contributed by atoms with Crippen LogP contribution in [0.1, 0.15) is 25.0 Å². The van der Waals surface area contributed by atoms with Gasteiger partial charge in [-0.2, -0.15) is 11.8 Å². The zero-order chi connectivity index (χ0) is 18.5. The number of guanidine groups is 1. The van der Waals surface area contributed by atoms with E-state index in [4.69, 9.17) is 0 Å². The average molecular weight is 375 g/mol. The Kier molecular flexibility index (Phi) is 6.46. The maximum absolute atomic E-state index is 12.7. The Bertz CT molecular complexity index is 661. The summed E-state index contributed by atoms with van der Waals surface area (Å²) >= 11 is 2.04. The average Bonchev–Trinajstić information content (AvgIpc) is 2.68. The first kappa shape index (κ1) is 19.1. The lowest BCUT2D eigenvalue weighted by Crippen LogP contribution is -2.51. The summed E-state index contributed by atoms with van der Waals surface area (Å²) in [6.07, 6.45) is 0.941. The predicted octanol–water partition coefficient (Wildman–Crippen LogP) is 2.22. The summed E-state index contributed by atoms with van der Waals surface area (Å²) in [7, 11) is 1.80. The van der Waals surface area contributed by atoms with E-state index in [1.54, 1.807) is 7.05 Å². The van der Waals surface area contributed by atoms with E-state index in [2.05, 4.69) is 47.3 Å². The molecule has 1 atom stereocenters. The van der Waals surface area contributed by atoms with Gasteiger partial charge in [0.05, 0.1) is 6.54 Å². The van der Waals surface area contributed by atoms with E-state index in [0.717, 1.165) is 37.8 Å².